The van der Waals surface area contributed by atoms with Crippen LogP contribution >= 0.6 is 12.2 Å². The number of nitrogens with one attached hydrogen (secondary N) is 3. The lowest BCUT2D eigenvalue weighted by molar-refractivity contribution is -0.921. The highest BCUT2D eigenvalue weighted by molar-refractivity contribution is 7.80. The van der Waals surface area contributed by atoms with E-state index in [0.717, 1.165) is 45.1 Å². The molecule has 0 radical (unpaired) electrons. The van der Waals surface area contributed by atoms with Crippen molar-refractivity contribution in [3.63, 3.8) is 0 Å². The quantitative estimate of drug-likeness (QED) is 0.706. The molecule has 0 atom stereocenters. The second-order valence-electron chi connectivity index (χ2n) is 6.98. The number of hydrogen-bond donors (Lipinski definition) is 3. The van der Waals surface area contributed by atoms with Crippen LogP contribution < -0.4 is 15.5 Å². The van der Waals surface area contributed by atoms with Gasteiger partial charge in [-0.05, 0) is 48.8 Å². The number of quaternary nitrogens is 1. The monoisotopic (exact) mass is 370 g/mol. The molecule has 0 spiro atoms. The van der Waals surface area contributed by atoms with Crippen LogP contribution in [0.1, 0.15) is 22.3 Å². The van der Waals surface area contributed by atoms with Crippen LogP contribution in [0.2, 0.25) is 0 Å². The minimum atomic E-state index is 0.653. The van der Waals surface area contributed by atoms with Crippen LogP contribution in [-0.4, -0.2) is 31.4 Å². The molecule has 0 aliphatic carbocycles. The Morgan fingerprint density at radius 3 is 2.46 bits per heavy atom. The molecule has 138 valence electrons. The Morgan fingerprint density at radius 1 is 1.04 bits per heavy atom. The lowest BCUT2D eigenvalue weighted by Gasteiger charge is -2.23. The molecule has 26 heavy (non-hydrogen) atoms. The van der Waals surface area contributed by atoms with Gasteiger partial charge < -0.3 is 20.3 Å². The first-order valence-electron chi connectivity index (χ1n) is 9.21. The fraction of sp³-hybridized carbons (Fsp3) is 0.381. The third-order valence-corrected chi connectivity index (χ3v) is 5.02. The summed E-state index contributed by atoms with van der Waals surface area (Å²) in [4.78, 5) is 1.60. The van der Waals surface area contributed by atoms with E-state index in [0.29, 0.717) is 5.11 Å². The van der Waals surface area contributed by atoms with E-state index >= 15 is 0 Å². The van der Waals surface area contributed by atoms with Crippen LogP contribution in [0.15, 0.2) is 42.5 Å². The van der Waals surface area contributed by atoms with Crippen molar-refractivity contribution in [2.45, 2.75) is 26.9 Å². The minimum Gasteiger partial charge on any atom is -0.370 e. The number of morpholine rings is 1. The third-order valence-electron chi connectivity index (χ3n) is 4.77. The van der Waals surface area contributed by atoms with Gasteiger partial charge in [0.1, 0.15) is 19.6 Å². The molecule has 3 rings (SSSR count). The minimum absolute atomic E-state index is 0.653. The molecule has 2 aromatic carbocycles. The maximum Gasteiger partial charge on any atom is 0.171 e. The van der Waals surface area contributed by atoms with E-state index < -0.39 is 0 Å². The number of rotatable bonds is 5. The van der Waals surface area contributed by atoms with Gasteiger partial charge in [0.2, 0.25) is 0 Å². The van der Waals surface area contributed by atoms with Crippen molar-refractivity contribution in [3.05, 3.63) is 64.7 Å². The maximum absolute atomic E-state index is 5.43. The van der Waals surface area contributed by atoms with Crippen LogP contribution in [0.5, 0.6) is 0 Å². The Morgan fingerprint density at radius 2 is 1.73 bits per heavy atom. The summed E-state index contributed by atoms with van der Waals surface area (Å²) in [6.07, 6.45) is 0. The summed E-state index contributed by atoms with van der Waals surface area (Å²) in [6.45, 7) is 9.92. The summed E-state index contributed by atoms with van der Waals surface area (Å²) >= 11 is 5.43. The zero-order valence-corrected chi connectivity index (χ0v) is 16.4. The van der Waals surface area contributed by atoms with Gasteiger partial charge in [0.15, 0.2) is 5.11 Å². The van der Waals surface area contributed by atoms with E-state index in [1.54, 1.807) is 4.90 Å². The van der Waals surface area contributed by atoms with Crippen molar-refractivity contribution < 1.29 is 9.64 Å². The van der Waals surface area contributed by atoms with Crippen LogP contribution in [0.25, 0.3) is 0 Å². The number of hydrogen-bond acceptors (Lipinski definition) is 2. The third kappa shape index (κ3) is 5.53. The molecule has 1 heterocycles. The Hall–Kier alpha value is -1.95. The van der Waals surface area contributed by atoms with Crippen molar-refractivity contribution >= 4 is 23.0 Å². The van der Waals surface area contributed by atoms with E-state index in [1.807, 2.05) is 0 Å². The van der Waals surface area contributed by atoms with E-state index in [2.05, 4.69) is 66.9 Å². The number of ether oxygens (including phenoxy) is 1. The fourth-order valence-corrected chi connectivity index (χ4v) is 3.30. The highest BCUT2D eigenvalue weighted by atomic mass is 32.1. The second kappa shape index (κ2) is 9.12. The molecular weight excluding hydrogens is 342 g/mol. The maximum atomic E-state index is 5.43. The highest BCUT2D eigenvalue weighted by Crippen LogP contribution is 2.16. The predicted octanol–water partition coefficient (Wildman–Crippen LogP) is 2.21. The number of benzene rings is 2. The molecule has 3 N–H and O–H groups in total. The van der Waals surface area contributed by atoms with E-state index in [4.69, 9.17) is 17.0 Å². The van der Waals surface area contributed by atoms with Crippen molar-refractivity contribution in [2.24, 2.45) is 0 Å². The average Bonchev–Trinajstić information content (AvgIpc) is 2.65. The lowest BCUT2D eigenvalue weighted by atomic mass is 10.1. The smallest absolute Gasteiger partial charge is 0.171 e. The van der Waals surface area contributed by atoms with Crippen LogP contribution in [0.3, 0.4) is 0 Å². The van der Waals surface area contributed by atoms with Crippen molar-refractivity contribution in [2.75, 3.05) is 31.6 Å². The number of aryl methyl sites for hydroxylation is 2. The Balaban J connectivity index is 1.48. The van der Waals surface area contributed by atoms with E-state index in [-0.39, 0.29) is 0 Å². The molecule has 2 aromatic rings. The van der Waals surface area contributed by atoms with Gasteiger partial charge in [-0.25, -0.2) is 0 Å². The second-order valence-corrected chi connectivity index (χ2v) is 7.39. The predicted molar refractivity (Wildman–Crippen MR) is 111 cm³/mol. The zero-order valence-electron chi connectivity index (χ0n) is 15.6. The largest absolute Gasteiger partial charge is 0.370 e. The molecule has 1 aliphatic heterocycles. The summed E-state index contributed by atoms with van der Waals surface area (Å²) in [7, 11) is 0. The summed E-state index contributed by atoms with van der Waals surface area (Å²) < 4.78 is 5.42. The van der Waals surface area contributed by atoms with Crippen molar-refractivity contribution in [3.8, 4) is 0 Å². The Kier molecular flexibility index (Phi) is 6.61. The van der Waals surface area contributed by atoms with Gasteiger partial charge >= 0.3 is 0 Å². The topological polar surface area (TPSA) is 37.7 Å². The summed E-state index contributed by atoms with van der Waals surface area (Å²) in [5.41, 5.74) is 6.08. The molecule has 1 fully saturated rings. The van der Waals surface area contributed by atoms with E-state index in [1.165, 1.54) is 22.3 Å². The van der Waals surface area contributed by atoms with Gasteiger partial charge in [0.05, 0.1) is 13.2 Å². The van der Waals surface area contributed by atoms with Gasteiger partial charge in [-0.3, -0.25) is 0 Å². The molecule has 1 saturated heterocycles. The van der Waals surface area contributed by atoms with Gasteiger partial charge in [-0.2, -0.15) is 0 Å². The molecule has 4 nitrogen and oxygen atoms in total. The SMILES string of the molecule is Cc1ccc(C)c(NC(=S)NCc2ccc(C[NH+]3CCOCC3)cc2)c1. The molecule has 0 unspecified atom stereocenters. The van der Waals surface area contributed by atoms with Gasteiger partial charge in [0.25, 0.3) is 0 Å². The molecular formula is C21H28N3OS+. The molecule has 5 heteroatoms. The van der Waals surface area contributed by atoms with Gasteiger partial charge in [-0.1, -0.05) is 36.4 Å². The van der Waals surface area contributed by atoms with Gasteiger partial charge in [0, 0.05) is 17.8 Å². The summed E-state index contributed by atoms with van der Waals surface area (Å²) in [5, 5.41) is 7.24. The standard InChI is InChI=1S/C21H27N3OS/c1-16-3-4-17(2)20(13-16)23-21(26)22-14-18-5-7-19(8-6-18)15-24-9-11-25-12-10-24/h3-8,13H,9-12,14-15H2,1-2H3,(H2,22,23,26)/p+1. The average molecular weight is 371 g/mol. The molecule has 0 saturated carbocycles. The first-order chi connectivity index (χ1) is 12.6. The Bertz CT molecular complexity index is 739. The Labute approximate surface area is 161 Å². The molecule has 0 amide bonds. The number of thiocarbonyl (C=S) groups is 1. The molecule has 1 aliphatic rings. The van der Waals surface area contributed by atoms with Crippen molar-refractivity contribution in [1.82, 2.24) is 5.32 Å². The number of anilines is 1. The van der Waals surface area contributed by atoms with Gasteiger partial charge in [-0.15, -0.1) is 0 Å². The van der Waals surface area contributed by atoms with E-state index in [9.17, 15) is 0 Å². The first-order valence-corrected chi connectivity index (χ1v) is 9.62. The summed E-state index contributed by atoms with van der Waals surface area (Å²) in [5.74, 6) is 0. The highest BCUT2D eigenvalue weighted by Gasteiger charge is 2.13. The first kappa shape index (κ1) is 18.8. The molecule has 0 bridgehead atoms. The van der Waals surface area contributed by atoms with Crippen LogP contribution in [-0.2, 0) is 17.8 Å². The summed E-state index contributed by atoms with van der Waals surface area (Å²) in [6, 6.07) is 15.1. The lowest BCUT2D eigenvalue weighted by Crippen LogP contribution is -3.12. The van der Waals surface area contributed by atoms with Crippen molar-refractivity contribution in [1.29, 1.82) is 0 Å². The van der Waals surface area contributed by atoms with Crippen LogP contribution in [0.4, 0.5) is 5.69 Å². The normalized spacial score (nSPS) is 14.8. The van der Waals surface area contributed by atoms with Crippen LogP contribution in [0, 0.1) is 13.8 Å². The molecule has 0 aromatic heterocycles. The zero-order chi connectivity index (χ0) is 18.4. The fourth-order valence-electron chi connectivity index (χ4n) is 3.12.